The van der Waals surface area contributed by atoms with Crippen molar-refractivity contribution in [1.29, 1.82) is 0 Å². The summed E-state index contributed by atoms with van der Waals surface area (Å²) >= 11 is 0. The summed E-state index contributed by atoms with van der Waals surface area (Å²) in [5.74, 6) is 0.874. The summed E-state index contributed by atoms with van der Waals surface area (Å²) in [7, 11) is 0. The highest BCUT2D eigenvalue weighted by Gasteiger charge is 2.07. The number of allylic oxidation sites excluding steroid dienone is 1. The predicted molar refractivity (Wildman–Crippen MR) is 94.1 cm³/mol. The lowest BCUT2D eigenvalue weighted by Gasteiger charge is -2.06. The maximum Gasteiger partial charge on any atom is 0.343 e. The number of hydrogen-bond acceptors (Lipinski definition) is 3. The zero-order chi connectivity index (χ0) is 17.1. The Morgan fingerprint density at radius 1 is 0.913 bits per heavy atom. The minimum Gasteiger partial charge on any atom is -0.490 e. The van der Waals surface area contributed by atoms with Crippen molar-refractivity contribution in [2.24, 2.45) is 0 Å². The Labute approximate surface area is 138 Å². The summed E-state index contributed by atoms with van der Waals surface area (Å²) in [6.07, 6.45) is 2.00. The lowest BCUT2D eigenvalue weighted by atomic mass is 10.2. The van der Waals surface area contributed by atoms with Crippen LogP contribution in [0.2, 0.25) is 0 Å². The molecule has 2 rings (SSSR count). The highest BCUT2D eigenvalue weighted by Crippen LogP contribution is 2.18. The molecule has 0 bridgehead atoms. The number of esters is 1. The van der Waals surface area contributed by atoms with E-state index in [1.807, 2.05) is 39.8 Å². The molecule has 0 radical (unpaired) electrons. The number of rotatable bonds is 5. The van der Waals surface area contributed by atoms with Gasteiger partial charge < -0.3 is 9.47 Å². The third kappa shape index (κ3) is 6.83. The molecule has 0 aliphatic carbocycles. The number of carbonyl (C=O) groups is 1. The molecule has 3 heteroatoms. The Morgan fingerprint density at radius 2 is 1.48 bits per heavy atom. The third-order valence-corrected chi connectivity index (χ3v) is 2.79. The van der Waals surface area contributed by atoms with Crippen molar-refractivity contribution in [1.82, 2.24) is 0 Å². The van der Waals surface area contributed by atoms with Crippen molar-refractivity contribution < 1.29 is 14.3 Å². The molecule has 0 aliphatic rings. The van der Waals surface area contributed by atoms with Gasteiger partial charge in [0.05, 0.1) is 5.56 Å². The molecule has 0 aromatic heterocycles. The topological polar surface area (TPSA) is 35.5 Å². The Hall–Kier alpha value is -2.55. The lowest BCUT2D eigenvalue weighted by molar-refractivity contribution is 0.0734. The van der Waals surface area contributed by atoms with Crippen LogP contribution in [0.15, 0.2) is 66.2 Å². The van der Waals surface area contributed by atoms with Crippen LogP contribution in [0.5, 0.6) is 11.5 Å². The number of ether oxygens (including phenoxy) is 2. The van der Waals surface area contributed by atoms with Crippen LogP contribution >= 0.6 is 0 Å². The summed E-state index contributed by atoms with van der Waals surface area (Å²) in [5, 5.41) is 0. The molecule has 122 valence electrons. The zero-order valence-electron chi connectivity index (χ0n) is 14.2. The third-order valence-electron chi connectivity index (χ3n) is 2.79. The van der Waals surface area contributed by atoms with Crippen LogP contribution < -0.4 is 9.47 Å². The molecular weight excluding hydrogens is 288 g/mol. The first kappa shape index (κ1) is 18.5. The van der Waals surface area contributed by atoms with Gasteiger partial charge in [-0.2, -0.15) is 0 Å². The van der Waals surface area contributed by atoms with Gasteiger partial charge >= 0.3 is 5.97 Å². The monoisotopic (exact) mass is 312 g/mol. The highest BCUT2D eigenvalue weighted by atomic mass is 16.5. The van der Waals surface area contributed by atoms with E-state index in [2.05, 4.69) is 0 Å². The van der Waals surface area contributed by atoms with Gasteiger partial charge in [0.2, 0.25) is 0 Å². The van der Waals surface area contributed by atoms with Gasteiger partial charge in [0, 0.05) is 0 Å². The van der Waals surface area contributed by atoms with E-state index in [-0.39, 0.29) is 5.97 Å². The highest BCUT2D eigenvalue weighted by molar-refractivity contribution is 5.90. The van der Waals surface area contributed by atoms with Gasteiger partial charge in [-0.05, 0) is 56.3 Å². The Kier molecular flexibility index (Phi) is 8.22. The molecule has 0 atom stereocenters. The average Bonchev–Trinajstić information content (AvgIpc) is 2.59. The number of benzene rings is 2. The van der Waals surface area contributed by atoms with E-state index in [0.29, 0.717) is 17.9 Å². The fraction of sp³-hybridized carbons (Fsp3) is 0.250. The summed E-state index contributed by atoms with van der Waals surface area (Å²) in [5.41, 5.74) is 1.74. The molecule has 0 amide bonds. The van der Waals surface area contributed by atoms with Crippen LogP contribution in [0.25, 0.3) is 0 Å². The van der Waals surface area contributed by atoms with E-state index in [0.717, 1.165) is 5.75 Å². The average molecular weight is 312 g/mol. The van der Waals surface area contributed by atoms with Gasteiger partial charge in [-0.25, -0.2) is 4.79 Å². The molecule has 23 heavy (non-hydrogen) atoms. The molecule has 0 saturated carbocycles. The molecule has 0 N–H and O–H groups in total. The molecule has 0 spiro atoms. The smallest absolute Gasteiger partial charge is 0.343 e. The number of hydrogen-bond donors (Lipinski definition) is 0. The second kappa shape index (κ2) is 10.2. The van der Waals surface area contributed by atoms with Crippen molar-refractivity contribution in [3.63, 3.8) is 0 Å². The van der Waals surface area contributed by atoms with Crippen LogP contribution in [0.1, 0.15) is 38.1 Å². The maximum atomic E-state index is 11.9. The first-order valence-corrected chi connectivity index (χ1v) is 7.78. The van der Waals surface area contributed by atoms with Crippen molar-refractivity contribution in [3.05, 3.63) is 71.8 Å². The molecule has 0 unspecified atom stereocenters. The van der Waals surface area contributed by atoms with E-state index in [9.17, 15) is 4.79 Å². The second-order valence-corrected chi connectivity index (χ2v) is 4.82. The maximum absolute atomic E-state index is 11.9. The van der Waals surface area contributed by atoms with Crippen LogP contribution in [0.4, 0.5) is 0 Å². The first-order chi connectivity index (χ1) is 11.1. The van der Waals surface area contributed by atoms with Crippen molar-refractivity contribution >= 4 is 5.97 Å². The van der Waals surface area contributed by atoms with Crippen molar-refractivity contribution in [3.8, 4) is 11.5 Å². The minimum absolute atomic E-state index is 0.367. The molecule has 3 nitrogen and oxygen atoms in total. The predicted octanol–water partition coefficient (Wildman–Crippen LogP) is 5.28. The zero-order valence-corrected chi connectivity index (χ0v) is 14.2. The van der Waals surface area contributed by atoms with Crippen LogP contribution in [0.3, 0.4) is 0 Å². The molecule has 0 fully saturated rings. The molecular formula is C20H24O3. The van der Waals surface area contributed by atoms with Gasteiger partial charge in [0.25, 0.3) is 0 Å². The van der Waals surface area contributed by atoms with Gasteiger partial charge in [0.1, 0.15) is 18.1 Å². The fourth-order valence-electron chi connectivity index (χ4n) is 1.65. The molecule has 0 aliphatic heterocycles. The molecule has 0 saturated heterocycles. The standard InChI is InChI=1S/C18H18O3.C2H6/c1-14(2)12-13-20-16-8-10-17(11-9-16)21-18(19)15-6-4-3-5-7-15;1-2/h3-12H,13H2,1-2H3;1-2H3. The van der Waals surface area contributed by atoms with Gasteiger partial charge in [-0.15, -0.1) is 0 Å². The van der Waals surface area contributed by atoms with Crippen LogP contribution in [-0.4, -0.2) is 12.6 Å². The van der Waals surface area contributed by atoms with E-state index < -0.39 is 0 Å². The van der Waals surface area contributed by atoms with Crippen molar-refractivity contribution in [2.75, 3.05) is 6.61 Å². The summed E-state index contributed by atoms with van der Waals surface area (Å²) in [6, 6.07) is 15.9. The largest absolute Gasteiger partial charge is 0.490 e. The Bertz CT molecular complexity index is 609. The van der Waals surface area contributed by atoms with E-state index in [4.69, 9.17) is 9.47 Å². The first-order valence-electron chi connectivity index (χ1n) is 7.78. The fourth-order valence-corrected chi connectivity index (χ4v) is 1.65. The van der Waals surface area contributed by atoms with E-state index >= 15 is 0 Å². The Balaban J connectivity index is 0.00000127. The molecule has 0 heterocycles. The van der Waals surface area contributed by atoms with E-state index in [1.165, 1.54) is 5.57 Å². The van der Waals surface area contributed by atoms with Gasteiger partial charge in [-0.3, -0.25) is 0 Å². The van der Waals surface area contributed by atoms with Crippen molar-refractivity contribution in [2.45, 2.75) is 27.7 Å². The van der Waals surface area contributed by atoms with E-state index in [1.54, 1.807) is 48.5 Å². The number of carbonyl (C=O) groups excluding carboxylic acids is 1. The summed E-state index contributed by atoms with van der Waals surface area (Å²) < 4.78 is 10.8. The quantitative estimate of drug-likeness (QED) is 0.428. The van der Waals surface area contributed by atoms with Crippen LogP contribution in [0, 0.1) is 0 Å². The van der Waals surface area contributed by atoms with Gasteiger partial charge in [-0.1, -0.05) is 37.6 Å². The SMILES string of the molecule is CC.CC(C)=CCOc1ccc(OC(=O)c2ccccc2)cc1. The second-order valence-electron chi connectivity index (χ2n) is 4.82. The van der Waals surface area contributed by atoms with Crippen LogP contribution in [-0.2, 0) is 0 Å². The lowest BCUT2D eigenvalue weighted by Crippen LogP contribution is -2.08. The summed E-state index contributed by atoms with van der Waals surface area (Å²) in [6.45, 7) is 8.58. The minimum atomic E-state index is -0.367. The molecule has 2 aromatic rings. The Morgan fingerprint density at radius 3 is 2.04 bits per heavy atom. The van der Waals surface area contributed by atoms with Gasteiger partial charge in [0.15, 0.2) is 0 Å². The molecule has 2 aromatic carbocycles. The normalized spacial score (nSPS) is 9.22. The summed E-state index contributed by atoms with van der Waals surface area (Å²) in [4.78, 5) is 11.9.